The highest BCUT2D eigenvalue weighted by Crippen LogP contribution is 2.35. The van der Waals surface area contributed by atoms with Crippen LogP contribution in [-0.4, -0.2) is 45.3 Å². The van der Waals surface area contributed by atoms with Crippen molar-refractivity contribution in [1.82, 2.24) is 4.90 Å². The van der Waals surface area contributed by atoms with Crippen molar-refractivity contribution in [2.24, 2.45) is 5.92 Å². The molecule has 1 aromatic carbocycles. The number of aliphatic carboxylic acids is 1. The van der Waals surface area contributed by atoms with Crippen LogP contribution in [0.15, 0.2) is 29.2 Å². The smallest absolute Gasteiger partial charge is 0.337 e. The fourth-order valence-corrected chi connectivity index (χ4v) is 3.85. The lowest BCUT2D eigenvalue weighted by Crippen LogP contribution is -2.44. The number of carbonyl (C=O) groups is 3. The second-order valence-corrected chi connectivity index (χ2v) is 7.82. The predicted octanol–water partition coefficient (Wildman–Crippen LogP) is 3.17. The van der Waals surface area contributed by atoms with Crippen LogP contribution >= 0.6 is 24.0 Å². The number of carbonyl (C=O) groups excluding carboxylic acids is 2. The van der Waals surface area contributed by atoms with Gasteiger partial charge in [0.1, 0.15) is 10.4 Å². The van der Waals surface area contributed by atoms with E-state index in [0.717, 1.165) is 11.8 Å². The lowest BCUT2D eigenvalue weighted by molar-refractivity contribution is -0.145. The van der Waals surface area contributed by atoms with Crippen LogP contribution < -0.4 is 0 Å². The number of hydrogen-bond donors (Lipinski definition) is 1. The van der Waals surface area contributed by atoms with Crippen molar-refractivity contribution >= 4 is 52.2 Å². The molecule has 1 N–H and O–H groups in total. The Labute approximate surface area is 161 Å². The van der Waals surface area contributed by atoms with Crippen molar-refractivity contribution in [3.8, 4) is 0 Å². The number of hydrogen-bond acceptors (Lipinski definition) is 6. The third kappa shape index (κ3) is 4.50. The summed E-state index contributed by atoms with van der Waals surface area (Å²) < 4.78 is 4.88. The van der Waals surface area contributed by atoms with Crippen LogP contribution in [0.5, 0.6) is 0 Å². The van der Waals surface area contributed by atoms with Gasteiger partial charge < -0.3 is 9.84 Å². The number of amides is 1. The van der Waals surface area contributed by atoms with E-state index in [2.05, 4.69) is 4.74 Å². The largest absolute Gasteiger partial charge is 0.480 e. The molecule has 138 valence electrons. The highest BCUT2D eigenvalue weighted by molar-refractivity contribution is 8.26. The molecule has 1 unspecified atom stereocenters. The number of esters is 1. The Bertz CT molecular complexity index is 770. The van der Waals surface area contributed by atoms with Gasteiger partial charge in [0.05, 0.1) is 17.6 Å². The van der Waals surface area contributed by atoms with E-state index in [9.17, 15) is 19.5 Å². The maximum absolute atomic E-state index is 12.7. The molecule has 0 aromatic heterocycles. The fraction of sp³-hybridized carbons (Fsp3) is 0.333. The zero-order chi connectivity index (χ0) is 19.4. The fourth-order valence-electron chi connectivity index (χ4n) is 2.50. The van der Waals surface area contributed by atoms with Gasteiger partial charge in [-0.25, -0.2) is 9.59 Å². The SMILES string of the molecule is COC(=O)c1ccc(/C=C2\SC(=S)N(C(CC(C)C)C(=O)O)C2=O)cc1. The number of ether oxygens (including phenoxy) is 1. The second-order valence-electron chi connectivity index (χ2n) is 6.15. The minimum atomic E-state index is -1.07. The van der Waals surface area contributed by atoms with Crippen molar-refractivity contribution in [1.29, 1.82) is 0 Å². The molecule has 0 radical (unpaired) electrons. The van der Waals surface area contributed by atoms with Crippen molar-refractivity contribution < 1.29 is 24.2 Å². The molecule has 1 heterocycles. The summed E-state index contributed by atoms with van der Waals surface area (Å²) >= 11 is 6.31. The van der Waals surface area contributed by atoms with Gasteiger partial charge in [0, 0.05) is 0 Å². The van der Waals surface area contributed by atoms with Crippen LogP contribution in [0.3, 0.4) is 0 Å². The molecular formula is C18H19NO5S2. The zero-order valence-electron chi connectivity index (χ0n) is 14.6. The van der Waals surface area contributed by atoms with Crippen LogP contribution in [0.2, 0.25) is 0 Å². The Morgan fingerprint density at radius 1 is 1.31 bits per heavy atom. The standard InChI is InChI=1S/C18H19NO5S2/c1-10(2)8-13(16(21)22)19-15(20)14(26-18(19)25)9-11-4-6-12(7-5-11)17(23)24-3/h4-7,9-10,13H,8H2,1-3H3,(H,21,22)/b14-9-. The Balaban J connectivity index is 2.25. The molecule has 1 aromatic rings. The van der Waals surface area contributed by atoms with Crippen LogP contribution in [0.4, 0.5) is 0 Å². The minimum absolute atomic E-state index is 0.107. The Morgan fingerprint density at radius 3 is 2.42 bits per heavy atom. The summed E-state index contributed by atoms with van der Waals surface area (Å²) in [5, 5.41) is 9.47. The van der Waals surface area contributed by atoms with E-state index < -0.39 is 23.9 Å². The summed E-state index contributed by atoms with van der Waals surface area (Å²) in [5.41, 5.74) is 1.11. The molecule has 1 aliphatic rings. The van der Waals surface area contributed by atoms with Crippen molar-refractivity contribution in [2.75, 3.05) is 7.11 Å². The second kappa shape index (κ2) is 8.46. The summed E-state index contributed by atoms with van der Waals surface area (Å²) in [6.07, 6.45) is 1.96. The molecule has 1 aliphatic heterocycles. The van der Waals surface area contributed by atoms with E-state index in [0.29, 0.717) is 22.5 Å². The molecule has 2 rings (SSSR count). The maximum Gasteiger partial charge on any atom is 0.337 e. The molecule has 6 nitrogen and oxygen atoms in total. The molecule has 0 spiro atoms. The first-order valence-corrected chi connectivity index (χ1v) is 9.15. The van der Waals surface area contributed by atoms with Gasteiger partial charge >= 0.3 is 11.9 Å². The molecule has 8 heteroatoms. The van der Waals surface area contributed by atoms with Crippen LogP contribution in [0, 0.1) is 5.92 Å². The molecule has 1 amide bonds. The van der Waals surface area contributed by atoms with Crippen LogP contribution in [0.25, 0.3) is 6.08 Å². The van der Waals surface area contributed by atoms with Crippen molar-refractivity contribution in [3.63, 3.8) is 0 Å². The van der Waals surface area contributed by atoms with Gasteiger partial charge in [-0.3, -0.25) is 9.69 Å². The highest BCUT2D eigenvalue weighted by Gasteiger charge is 2.40. The van der Waals surface area contributed by atoms with E-state index in [1.165, 1.54) is 12.0 Å². The number of thiocarbonyl (C=S) groups is 1. The number of carboxylic acid groups (broad SMARTS) is 1. The first kappa shape index (κ1) is 20.1. The Morgan fingerprint density at radius 2 is 1.92 bits per heavy atom. The van der Waals surface area contributed by atoms with Crippen LogP contribution in [-0.2, 0) is 14.3 Å². The first-order chi connectivity index (χ1) is 12.2. The van der Waals surface area contributed by atoms with Gasteiger partial charge in [-0.05, 0) is 36.1 Å². The van der Waals surface area contributed by atoms with Crippen molar-refractivity contribution in [2.45, 2.75) is 26.3 Å². The third-order valence-corrected chi connectivity index (χ3v) is 5.07. The molecular weight excluding hydrogens is 374 g/mol. The summed E-state index contributed by atoms with van der Waals surface area (Å²) in [7, 11) is 1.30. The molecule has 1 atom stereocenters. The van der Waals surface area contributed by atoms with E-state index in [1.54, 1.807) is 30.3 Å². The van der Waals surface area contributed by atoms with E-state index in [4.69, 9.17) is 12.2 Å². The Hall–Kier alpha value is -2.19. The third-order valence-electron chi connectivity index (χ3n) is 3.74. The average molecular weight is 393 g/mol. The number of rotatable bonds is 6. The van der Waals surface area contributed by atoms with Crippen molar-refractivity contribution in [3.05, 3.63) is 40.3 Å². The molecule has 26 heavy (non-hydrogen) atoms. The number of carboxylic acids is 1. The summed E-state index contributed by atoms with van der Waals surface area (Å²) in [6.45, 7) is 3.79. The normalized spacial score (nSPS) is 17.1. The summed E-state index contributed by atoms with van der Waals surface area (Å²) in [5.74, 6) is -1.82. The predicted molar refractivity (Wildman–Crippen MR) is 104 cm³/mol. The van der Waals surface area contributed by atoms with Gasteiger partial charge in [0.2, 0.25) is 0 Å². The quantitative estimate of drug-likeness (QED) is 0.451. The number of thioether (sulfide) groups is 1. The van der Waals surface area contributed by atoms with Gasteiger partial charge in [-0.15, -0.1) is 0 Å². The molecule has 0 aliphatic carbocycles. The topological polar surface area (TPSA) is 83.9 Å². The van der Waals surface area contributed by atoms with Gasteiger partial charge in [0.15, 0.2) is 0 Å². The average Bonchev–Trinajstić information content (AvgIpc) is 2.86. The Kier molecular flexibility index (Phi) is 6.55. The summed E-state index contributed by atoms with van der Waals surface area (Å²) in [4.78, 5) is 37.3. The zero-order valence-corrected chi connectivity index (χ0v) is 16.2. The van der Waals surface area contributed by atoms with Gasteiger partial charge in [0.25, 0.3) is 5.91 Å². The van der Waals surface area contributed by atoms with Crippen LogP contribution in [0.1, 0.15) is 36.2 Å². The minimum Gasteiger partial charge on any atom is -0.480 e. The number of methoxy groups -OCH3 is 1. The number of benzene rings is 1. The van der Waals surface area contributed by atoms with E-state index in [1.807, 2.05) is 13.8 Å². The molecule has 1 fully saturated rings. The monoisotopic (exact) mass is 393 g/mol. The highest BCUT2D eigenvalue weighted by atomic mass is 32.2. The van der Waals surface area contributed by atoms with Gasteiger partial charge in [-0.2, -0.15) is 0 Å². The lowest BCUT2D eigenvalue weighted by atomic mass is 10.0. The molecule has 0 bridgehead atoms. The molecule has 1 saturated heterocycles. The van der Waals surface area contributed by atoms with Gasteiger partial charge in [-0.1, -0.05) is 50.0 Å². The van der Waals surface area contributed by atoms with E-state index in [-0.39, 0.29) is 10.2 Å². The number of nitrogens with zero attached hydrogens (tertiary/aromatic N) is 1. The lowest BCUT2D eigenvalue weighted by Gasteiger charge is -2.24. The maximum atomic E-state index is 12.7. The first-order valence-electron chi connectivity index (χ1n) is 7.92. The van der Waals surface area contributed by atoms with E-state index >= 15 is 0 Å². The molecule has 0 saturated carbocycles. The summed E-state index contributed by atoms with van der Waals surface area (Å²) in [6, 6.07) is 5.58.